The van der Waals surface area contributed by atoms with Crippen molar-refractivity contribution in [3.05, 3.63) is 33.5 Å². The van der Waals surface area contributed by atoms with Crippen molar-refractivity contribution in [2.45, 2.75) is 95.1 Å². The van der Waals surface area contributed by atoms with E-state index in [1.165, 1.54) is 11.3 Å². The van der Waals surface area contributed by atoms with E-state index in [-0.39, 0.29) is 12.0 Å². The summed E-state index contributed by atoms with van der Waals surface area (Å²) in [6.45, 7) is 4.92. The molecule has 238 valence electrons. The highest BCUT2D eigenvalue weighted by Gasteiger charge is 2.49. The number of likely N-dealkylation sites (N-methyl/N-ethyl adjacent to an activating group) is 1. The van der Waals surface area contributed by atoms with Crippen LogP contribution in [0.1, 0.15) is 98.1 Å². The van der Waals surface area contributed by atoms with E-state index in [2.05, 4.69) is 40.6 Å². The van der Waals surface area contributed by atoms with Crippen LogP contribution in [-0.2, 0) is 18.3 Å². The first-order valence-corrected chi connectivity index (χ1v) is 17.7. The standard InChI is InChI=1S/C34H40N10OS/c1-20(25-9-6-14-42(25)2)44-33-24(19-38-44)32(43-15-5-7-21(17-35)11-16-43)39-31(40-33)28-22-8-3-12-34(29(22)45-41-28)13-4-10-26-27(34)23(18-36)30(37)46-26/h19-21,25H,3-16,37H2,1-2H3/t20-,21-,25-,34-/m0/s1. The number of nitrogen functional groups attached to an aromatic ring is 1. The summed E-state index contributed by atoms with van der Waals surface area (Å²) >= 11 is 1.55. The van der Waals surface area contributed by atoms with Crippen LogP contribution in [0.15, 0.2) is 10.7 Å². The molecule has 4 aliphatic rings. The van der Waals surface area contributed by atoms with E-state index >= 15 is 0 Å². The Morgan fingerprint density at radius 2 is 1.89 bits per heavy atom. The lowest BCUT2D eigenvalue weighted by molar-refractivity contribution is 0.232. The van der Waals surface area contributed by atoms with Gasteiger partial charge in [-0.1, -0.05) is 5.16 Å². The fourth-order valence-electron chi connectivity index (χ4n) is 8.92. The van der Waals surface area contributed by atoms with E-state index in [1.54, 1.807) is 11.3 Å². The Hall–Kier alpha value is -4.00. The first-order chi connectivity index (χ1) is 22.4. The quantitative estimate of drug-likeness (QED) is 0.294. The predicted octanol–water partition coefficient (Wildman–Crippen LogP) is 5.74. The fraction of sp³-hybridized carbons (Fsp3) is 0.588. The third-order valence-electron chi connectivity index (χ3n) is 11.2. The van der Waals surface area contributed by atoms with Crippen molar-refractivity contribution in [3.8, 4) is 23.7 Å². The average molecular weight is 637 g/mol. The van der Waals surface area contributed by atoms with Gasteiger partial charge in [0.2, 0.25) is 0 Å². The number of nitrogens with zero attached hydrogens (tertiary/aromatic N) is 9. The van der Waals surface area contributed by atoms with E-state index in [0.29, 0.717) is 28.1 Å². The minimum atomic E-state index is -0.404. The zero-order chi connectivity index (χ0) is 31.6. The third kappa shape index (κ3) is 4.44. The molecular formula is C34H40N10OS. The Kier molecular flexibility index (Phi) is 7.26. The highest BCUT2D eigenvalue weighted by molar-refractivity contribution is 7.16. The maximum atomic E-state index is 10.1. The molecule has 12 heteroatoms. The van der Waals surface area contributed by atoms with Crippen molar-refractivity contribution in [2.24, 2.45) is 5.92 Å². The smallest absolute Gasteiger partial charge is 0.186 e. The monoisotopic (exact) mass is 636 g/mol. The first kappa shape index (κ1) is 29.4. The maximum Gasteiger partial charge on any atom is 0.186 e. The Morgan fingerprint density at radius 1 is 1.07 bits per heavy atom. The molecule has 0 aromatic carbocycles. The number of aromatic nitrogens is 5. The van der Waals surface area contributed by atoms with Crippen molar-refractivity contribution in [2.75, 3.05) is 37.3 Å². The Bertz CT molecular complexity index is 1890. The largest absolute Gasteiger partial charge is 0.389 e. The summed E-state index contributed by atoms with van der Waals surface area (Å²) in [5.74, 6) is 2.33. The van der Waals surface area contributed by atoms with Crippen LogP contribution in [0.25, 0.3) is 22.6 Å². The van der Waals surface area contributed by atoms with Crippen molar-refractivity contribution < 1.29 is 4.52 Å². The molecule has 0 saturated carbocycles. The molecule has 8 rings (SSSR count). The van der Waals surface area contributed by atoms with Crippen LogP contribution in [0.5, 0.6) is 0 Å². The van der Waals surface area contributed by atoms with Crippen LogP contribution in [0.2, 0.25) is 0 Å². The minimum Gasteiger partial charge on any atom is -0.389 e. The summed E-state index contributed by atoms with van der Waals surface area (Å²) in [4.78, 5) is 16.4. The number of hydrogen-bond donors (Lipinski definition) is 1. The lowest BCUT2D eigenvalue weighted by Crippen LogP contribution is -2.35. The number of anilines is 2. The summed E-state index contributed by atoms with van der Waals surface area (Å²) in [5.41, 5.74) is 10.2. The number of likely N-dealkylation sites (tertiary alicyclic amines) is 1. The van der Waals surface area contributed by atoms with E-state index in [9.17, 15) is 10.5 Å². The normalized spacial score (nSPS) is 25.6. The predicted molar refractivity (Wildman–Crippen MR) is 176 cm³/mol. The molecule has 11 nitrogen and oxygen atoms in total. The van der Waals surface area contributed by atoms with Crippen LogP contribution in [0.3, 0.4) is 0 Å². The van der Waals surface area contributed by atoms with Crippen molar-refractivity contribution in [1.29, 1.82) is 10.5 Å². The fourth-order valence-corrected chi connectivity index (χ4v) is 10.1. The van der Waals surface area contributed by atoms with Crippen LogP contribution in [0, 0.1) is 28.6 Å². The lowest BCUT2D eigenvalue weighted by Gasteiger charge is -2.39. The molecule has 4 aromatic heterocycles. The first-order valence-electron chi connectivity index (χ1n) is 16.8. The van der Waals surface area contributed by atoms with Gasteiger partial charge in [-0.25, -0.2) is 14.6 Å². The molecule has 4 atom stereocenters. The van der Waals surface area contributed by atoms with Crippen LogP contribution < -0.4 is 10.6 Å². The molecule has 1 spiro atoms. The van der Waals surface area contributed by atoms with E-state index in [4.69, 9.17) is 30.5 Å². The second-order valence-corrected chi connectivity index (χ2v) is 14.9. The van der Waals surface area contributed by atoms with Crippen molar-refractivity contribution >= 4 is 33.2 Å². The van der Waals surface area contributed by atoms with E-state index in [0.717, 1.165) is 118 Å². The summed E-state index contributed by atoms with van der Waals surface area (Å²) in [7, 11) is 2.20. The van der Waals surface area contributed by atoms with Crippen LogP contribution in [-0.4, -0.2) is 62.5 Å². The number of thiophene rings is 1. The molecule has 0 radical (unpaired) electrons. The number of fused-ring (bicyclic) bond motifs is 5. The molecule has 2 saturated heterocycles. The number of rotatable bonds is 4. The molecule has 2 fully saturated rings. The van der Waals surface area contributed by atoms with Gasteiger partial charge >= 0.3 is 0 Å². The minimum absolute atomic E-state index is 0.0611. The second kappa shape index (κ2) is 11.4. The van der Waals surface area contributed by atoms with Gasteiger partial charge in [-0.3, -0.25) is 0 Å². The molecule has 2 aliphatic heterocycles. The molecule has 2 N–H and O–H groups in total. The van der Waals surface area contributed by atoms with Gasteiger partial charge in [-0.15, -0.1) is 11.3 Å². The van der Waals surface area contributed by atoms with Gasteiger partial charge in [0.15, 0.2) is 22.9 Å². The summed E-state index contributed by atoms with van der Waals surface area (Å²) < 4.78 is 8.43. The van der Waals surface area contributed by atoms with Crippen LogP contribution >= 0.6 is 11.3 Å². The van der Waals surface area contributed by atoms with Gasteiger partial charge in [0.1, 0.15) is 16.9 Å². The van der Waals surface area contributed by atoms with Gasteiger partial charge in [0.05, 0.1) is 34.7 Å². The summed E-state index contributed by atoms with van der Waals surface area (Å²) in [6.07, 6.45) is 12.4. The van der Waals surface area contributed by atoms with Crippen LogP contribution in [0.4, 0.5) is 10.8 Å². The van der Waals surface area contributed by atoms with Gasteiger partial charge < -0.3 is 20.1 Å². The number of aryl methyl sites for hydroxylation is 1. The Balaban J connectivity index is 1.28. The lowest BCUT2D eigenvalue weighted by atomic mass is 9.63. The topological polar surface area (TPSA) is 150 Å². The average Bonchev–Trinajstić information content (AvgIpc) is 3.83. The molecule has 0 amide bonds. The summed E-state index contributed by atoms with van der Waals surface area (Å²) in [5, 5.41) is 31.0. The van der Waals surface area contributed by atoms with Crippen molar-refractivity contribution in [3.63, 3.8) is 0 Å². The molecule has 6 heterocycles. The SMILES string of the molecule is C[C@@H]([C@@H]1CCCN1C)n1ncc2c(N3CCC[C@H](C#N)CC3)nc(-c3noc4c3CCC[C@@]43CCCc4sc(N)c(C#N)c43)nc21. The number of nitrogens with two attached hydrogens (primary N) is 1. The second-order valence-electron chi connectivity index (χ2n) is 13.8. The molecule has 4 aromatic rings. The van der Waals surface area contributed by atoms with Crippen molar-refractivity contribution in [1.82, 2.24) is 29.8 Å². The Morgan fingerprint density at radius 3 is 2.67 bits per heavy atom. The molecule has 0 bridgehead atoms. The highest BCUT2D eigenvalue weighted by atomic mass is 32.1. The summed E-state index contributed by atoms with van der Waals surface area (Å²) in [6, 6.07) is 5.43. The van der Waals surface area contributed by atoms with Gasteiger partial charge in [-0.2, -0.15) is 15.6 Å². The van der Waals surface area contributed by atoms with Gasteiger partial charge in [0, 0.05) is 35.5 Å². The zero-order valence-corrected chi connectivity index (χ0v) is 27.4. The zero-order valence-electron chi connectivity index (χ0n) is 26.6. The van der Waals surface area contributed by atoms with E-state index in [1.807, 2.05) is 6.20 Å². The molecular weight excluding hydrogens is 597 g/mol. The van der Waals surface area contributed by atoms with Gasteiger partial charge in [-0.05, 0) is 96.7 Å². The van der Waals surface area contributed by atoms with E-state index < -0.39 is 5.41 Å². The number of nitriles is 2. The number of hydrogen-bond acceptors (Lipinski definition) is 11. The molecule has 2 aliphatic carbocycles. The molecule has 0 unspecified atom stereocenters. The molecule has 46 heavy (non-hydrogen) atoms. The maximum absolute atomic E-state index is 10.1. The Labute approximate surface area is 273 Å². The van der Waals surface area contributed by atoms with Gasteiger partial charge in [0.25, 0.3) is 0 Å². The third-order valence-corrected chi connectivity index (χ3v) is 12.3. The highest BCUT2D eigenvalue weighted by Crippen LogP contribution is 2.55.